The number of nitrogens with one attached hydrogen (secondary N) is 1. The van der Waals surface area contributed by atoms with Crippen LogP contribution in [-0.4, -0.2) is 62.9 Å². The van der Waals surface area contributed by atoms with Crippen molar-refractivity contribution in [2.75, 3.05) is 19.8 Å². The summed E-state index contributed by atoms with van der Waals surface area (Å²) in [6.07, 6.45) is 0.419. The maximum Gasteiger partial charge on any atom is 0.340 e. The Morgan fingerprint density at radius 2 is 2.13 bits per heavy atom. The summed E-state index contributed by atoms with van der Waals surface area (Å²) >= 11 is 0. The minimum absolute atomic E-state index is 0.0262. The number of carbonyl (C=O) groups excluding carboxylic acids is 1. The number of aryl methyl sites for hydroxylation is 1. The van der Waals surface area contributed by atoms with Crippen LogP contribution in [0.25, 0.3) is 10.9 Å². The molecular weight excluding hydrogens is 422 g/mol. The van der Waals surface area contributed by atoms with Gasteiger partial charge in [-0.2, -0.15) is 13.9 Å². The number of carbonyl (C=O) groups is 1. The van der Waals surface area contributed by atoms with Gasteiger partial charge in [-0.05, 0) is 24.6 Å². The van der Waals surface area contributed by atoms with Gasteiger partial charge in [-0.1, -0.05) is 0 Å². The monoisotopic (exact) mass is 441 g/mol. The second-order valence-corrected chi connectivity index (χ2v) is 6.69. The summed E-state index contributed by atoms with van der Waals surface area (Å²) in [6, 6.07) is 3.20. The molecule has 0 unspecified atom stereocenters. The molecule has 0 atom stereocenters. The Bertz CT molecular complexity index is 1070. The first kappa shape index (κ1) is 22.4. The first-order valence-electron chi connectivity index (χ1n) is 9.17. The molecule has 0 bridgehead atoms. The first-order chi connectivity index (χ1) is 14.7. The van der Waals surface area contributed by atoms with E-state index >= 15 is 0 Å². The molecule has 0 aliphatic rings. The van der Waals surface area contributed by atoms with E-state index in [0.717, 1.165) is 0 Å². The number of aliphatic hydroxyl groups is 1. The zero-order chi connectivity index (χ0) is 22.6. The molecule has 2 N–H and O–H groups in total. The molecule has 3 aromatic heterocycles. The Hall–Kier alpha value is -3.28. The number of pyridine rings is 2. The first-order valence-corrected chi connectivity index (χ1v) is 9.17. The Morgan fingerprint density at radius 1 is 1.35 bits per heavy atom. The minimum atomic E-state index is -4.25. The van der Waals surface area contributed by atoms with E-state index in [9.17, 15) is 22.4 Å². The molecule has 0 saturated carbocycles. The summed E-state index contributed by atoms with van der Waals surface area (Å²) in [7, 11) is 0. The smallest absolute Gasteiger partial charge is 0.340 e. The summed E-state index contributed by atoms with van der Waals surface area (Å²) in [5.74, 6) is -4.73. The topological polar surface area (TPSA) is 102 Å². The van der Waals surface area contributed by atoms with E-state index < -0.39 is 24.9 Å². The maximum absolute atomic E-state index is 13.0. The van der Waals surface area contributed by atoms with Gasteiger partial charge in [0, 0.05) is 18.9 Å². The average molecular weight is 441 g/mol. The lowest BCUT2D eigenvalue weighted by molar-refractivity contribution is -0.148. The van der Waals surface area contributed by atoms with E-state index in [1.807, 2.05) is 0 Å². The third-order valence-corrected chi connectivity index (χ3v) is 4.28. The molecule has 0 aliphatic heterocycles. The van der Waals surface area contributed by atoms with Gasteiger partial charge in [-0.25, -0.2) is 8.78 Å². The van der Waals surface area contributed by atoms with Crippen molar-refractivity contribution in [3.63, 3.8) is 0 Å². The molecule has 12 heteroatoms. The molecule has 0 spiro atoms. The number of hydrogen-bond acceptors (Lipinski definition) is 6. The molecule has 0 aliphatic carbocycles. The van der Waals surface area contributed by atoms with Crippen LogP contribution >= 0.6 is 0 Å². The largest absolute Gasteiger partial charge is 0.485 e. The summed E-state index contributed by atoms with van der Waals surface area (Å²) in [5.41, 5.74) is 1.63. The van der Waals surface area contributed by atoms with Crippen LogP contribution in [0.4, 0.5) is 17.6 Å². The number of halogens is 4. The molecular formula is C19H19F4N5O3. The highest BCUT2D eigenvalue weighted by atomic mass is 19.3. The zero-order valence-corrected chi connectivity index (χ0v) is 16.4. The van der Waals surface area contributed by atoms with E-state index in [0.29, 0.717) is 22.2 Å². The lowest BCUT2D eigenvalue weighted by Crippen LogP contribution is -2.33. The van der Waals surface area contributed by atoms with Crippen LogP contribution in [0.5, 0.6) is 5.75 Å². The second-order valence-electron chi connectivity index (χ2n) is 6.69. The lowest BCUT2D eigenvalue weighted by Gasteiger charge is -2.17. The Labute approximate surface area is 173 Å². The fourth-order valence-corrected chi connectivity index (χ4v) is 2.75. The number of hydrogen-bond donors (Lipinski definition) is 2. The van der Waals surface area contributed by atoms with Gasteiger partial charge in [0.05, 0.1) is 35.9 Å². The SMILES string of the molecule is Cc1cc(Cn2cc3c(C(=O)NCCO)nccc3n2)ncc1OCC(F)(F)C(F)F. The molecule has 0 radical (unpaired) electrons. The van der Waals surface area contributed by atoms with Gasteiger partial charge in [0.25, 0.3) is 5.91 Å². The minimum Gasteiger partial charge on any atom is -0.485 e. The van der Waals surface area contributed by atoms with Crippen LogP contribution in [0.2, 0.25) is 0 Å². The fraction of sp³-hybridized carbons (Fsp3) is 0.368. The van der Waals surface area contributed by atoms with E-state index in [1.54, 1.807) is 25.3 Å². The highest BCUT2D eigenvalue weighted by molar-refractivity contribution is 6.04. The number of ether oxygens (including phenoxy) is 1. The maximum atomic E-state index is 13.0. The third kappa shape index (κ3) is 5.26. The second kappa shape index (κ2) is 9.25. The highest BCUT2D eigenvalue weighted by Gasteiger charge is 2.41. The predicted molar refractivity (Wildman–Crippen MR) is 101 cm³/mol. The van der Waals surface area contributed by atoms with E-state index in [2.05, 4.69) is 20.4 Å². The molecule has 0 saturated heterocycles. The lowest BCUT2D eigenvalue weighted by atomic mass is 10.2. The van der Waals surface area contributed by atoms with E-state index in [4.69, 9.17) is 9.84 Å². The third-order valence-electron chi connectivity index (χ3n) is 4.28. The summed E-state index contributed by atoms with van der Waals surface area (Å²) in [5, 5.41) is 16.2. The van der Waals surface area contributed by atoms with E-state index in [-0.39, 0.29) is 31.1 Å². The Morgan fingerprint density at radius 3 is 2.81 bits per heavy atom. The molecule has 3 rings (SSSR count). The number of nitrogens with zero attached hydrogens (tertiary/aromatic N) is 4. The van der Waals surface area contributed by atoms with Crippen molar-refractivity contribution >= 4 is 16.8 Å². The van der Waals surface area contributed by atoms with Crippen molar-refractivity contribution in [3.8, 4) is 5.75 Å². The fourth-order valence-electron chi connectivity index (χ4n) is 2.75. The van der Waals surface area contributed by atoms with Crippen LogP contribution in [0, 0.1) is 6.92 Å². The molecule has 1 amide bonds. The summed E-state index contributed by atoms with van der Waals surface area (Å²) in [6.45, 7) is 0.206. The average Bonchev–Trinajstić information content (AvgIpc) is 3.13. The van der Waals surface area contributed by atoms with Crippen LogP contribution < -0.4 is 10.1 Å². The molecule has 8 nitrogen and oxygen atoms in total. The molecule has 3 heterocycles. The summed E-state index contributed by atoms with van der Waals surface area (Å²) in [4.78, 5) is 20.4. The van der Waals surface area contributed by atoms with Gasteiger partial charge in [0.15, 0.2) is 6.61 Å². The number of fused-ring (bicyclic) bond motifs is 1. The molecule has 31 heavy (non-hydrogen) atoms. The molecule has 0 aromatic carbocycles. The van der Waals surface area contributed by atoms with Gasteiger partial charge < -0.3 is 15.2 Å². The molecule has 3 aromatic rings. The van der Waals surface area contributed by atoms with Crippen LogP contribution in [0.3, 0.4) is 0 Å². The Kier molecular flexibility index (Phi) is 6.68. The van der Waals surface area contributed by atoms with Crippen molar-refractivity contribution in [2.45, 2.75) is 25.8 Å². The van der Waals surface area contributed by atoms with Crippen LogP contribution in [0.1, 0.15) is 21.7 Å². The number of alkyl halides is 4. The van der Waals surface area contributed by atoms with Crippen molar-refractivity contribution in [1.29, 1.82) is 0 Å². The van der Waals surface area contributed by atoms with Crippen molar-refractivity contribution < 1.29 is 32.2 Å². The van der Waals surface area contributed by atoms with Gasteiger partial charge in [0.1, 0.15) is 11.4 Å². The number of aromatic nitrogens is 4. The molecule has 166 valence electrons. The summed E-state index contributed by atoms with van der Waals surface area (Å²) < 4.78 is 56.9. The Balaban J connectivity index is 1.75. The standard InChI is InChI=1S/C19H19F4N5O3/c1-11-6-12(26-7-15(11)31-10-19(22,23)18(20)21)8-28-9-13-14(27-28)2-3-24-16(13)17(30)25-4-5-29/h2-3,6-7,9,18,29H,4-5,8,10H2,1H3,(H,25,30). The quantitative estimate of drug-likeness (QED) is 0.494. The van der Waals surface area contributed by atoms with Crippen molar-refractivity contribution in [2.24, 2.45) is 0 Å². The van der Waals surface area contributed by atoms with E-state index in [1.165, 1.54) is 17.1 Å². The predicted octanol–water partition coefficient (Wildman–Crippen LogP) is 2.18. The highest BCUT2D eigenvalue weighted by Crippen LogP contribution is 2.26. The van der Waals surface area contributed by atoms with Crippen LogP contribution in [0.15, 0.2) is 30.7 Å². The van der Waals surface area contributed by atoms with Gasteiger partial charge in [-0.3, -0.25) is 19.4 Å². The van der Waals surface area contributed by atoms with Gasteiger partial charge in [0.2, 0.25) is 0 Å². The van der Waals surface area contributed by atoms with Gasteiger partial charge in [-0.15, -0.1) is 0 Å². The van der Waals surface area contributed by atoms with Crippen LogP contribution in [-0.2, 0) is 6.54 Å². The number of amides is 1. The molecule has 0 fully saturated rings. The number of rotatable bonds is 9. The van der Waals surface area contributed by atoms with Gasteiger partial charge >= 0.3 is 12.3 Å². The number of aliphatic hydroxyl groups excluding tert-OH is 1. The zero-order valence-electron chi connectivity index (χ0n) is 16.4. The van der Waals surface area contributed by atoms with Crippen molar-refractivity contribution in [1.82, 2.24) is 25.1 Å². The normalized spacial score (nSPS) is 11.8. The van der Waals surface area contributed by atoms with Crippen molar-refractivity contribution in [3.05, 3.63) is 47.7 Å².